The second kappa shape index (κ2) is 4.90. The van der Waals surface area contributed by atoms with Crippen LogP contribution in [0.3, 0.4) is 0 Å². The molecule has 0 aromatic heterocycles. The molecule has 1 heterocycles. The fraction of sp³-hybridized carbons (Fsp3) is 0.333. The number of hydrogen-bond acceptors (Lipinski definition) is 3. The van der Waals surface area contributed by atoms with E-state index < -0.39 is 0 Å². The molecule has 2 rings (SSSR count). The number of carbonyl (C=O) groups excluding carboxylic acids is 2. The van der Waals surface area contributed by atoms with Crippen LogP contribution >= 0.6 is 0 Å². The van der Waals surface area contributed by atoms with Crippen molar-refractivity contribution in [1.82, 2.24) is 5.32 Å². The lowest BCUT2D eigenvalue weighted by Gasteiger charge is -2.04. The van der Waals surface area contributed by atoms with Crippen LogP contribution in [-0.2, 0) is 22.4 Å². The molecular formula is C12H14N2O2. The maximum atomic E-state index is 11.1. The van der Waals surface area contributed by atoms with Gasteiger partial charge in [0, 0.05) is 5.69 Å². The molecule has 0 aliphatic carbocycles. The minimum Gasteiger partial charge on any atom is -0.326 e. The number of nitrogens with one attached hydrogen (secondary N) is 2. The normalized spacial score (nSPS) is 13.4. The zero-order valence-electron chi connectivity index (χ0n) is 8.95. The van der Waals surface area contributed by atoms with E-state index >= 15 is 0 Å². The van der Waals surface area contributed by atoms with Crippen molar-refractivity contribution < 1.29 is 9.59 Å². The van der Waals surface area contributed by atoms with Crippen LogP contribution < -0.4 is 10.6 Å². The van der Waals surface area contributed by atoms with Gasteiger partial charge in [-0.2, -0.15) is 0 Å². The van der Waals surface area contributed by atoms with Crippen molar-refractivity contribution >= 4 is 17.9 Å². The molecule has 0 unspecified atom stereocenters. The Labute approximate surface area is 94.0 Å². The van der Waals surface area contributed by atoms with Gasteiger partial charge < -0.3 is 15.4 Å². The van der Waals surface area contributed by atoms with Crippen molar-refractivity contribution in [3.05, 3.63) is 29.3 Å². The van der Waals surface area contributed by atoms with E-state index in [2.05, 4.69) is 16.7 Å². The smallest absolute Gasteiger partial charge is 0.228 e. The van der Waals surface area contributed by atoms with Gasteiger partial charge in [-0.25, -0.2) is 0 Å². The van der Waals surface area contributed by atoms with Gasteiger partial charge in [0.05, 0.1) is 13.0 Å². The first-order chi connectivity index (χ1) is 7.79. The SMILES string of the molecule is O=CCNCCc1ccc2c(c1)CC(=O)N2. The second-order valence-corrected chi connectivity index (χ2v) is 3.84. The first kappa shape index (κ1) is 10.8. The van der Waals surface area contributed by atoms with Gasteiger partial charge in [0.1, 0.15) is 6.29 Å². The Bertz CT molecular complexity index is 415. The molecule has 1 aromatic rings. The Kier molecular flexibility index (Phi) is 3.31. The first-order valence-corrected chi connectivity index (χ1v) is 5.35. The lowest BCUT2D eigenvalue weighted by molar-refractivity contribution is -0.115. The lowest BCUT2D eigenvalue weighted by atomic mass is 10.1. The minimum absolute atomic E-state index is 0.0613. The largest absolute Gasteiger partial charge is 0.326 e. The van der Waals surface area contributed by atoms with Crippen LogP contribution in [-0.4, -0.2) is 25.3 Å². The highest BCUT2D eigenvalue weighted by molar-refractivity contribution is 5.99. The molecule has 1 aromatic carbocycles. The summed E-state index contributed by atoms with van der Waals surface area (Å²) in [5.41, 5.74) is 3.18. The van der Waals surface area contributed by atoms with Crippen LogP contribution in [0.2, 0.25) is 0 Å². The summed E-state index contributed by atoms with van der Waals surface area (Å²) < 4.78 is 0. The van der Waals surface area contributed by atoms with Crippen LogP contribution in [0.1, 0.15) is 11.1 Å². The maximum absolute atomic E-state index is 11.1. The molecule has 84 valence electrons. The summed E-state index contributed by atoms with van der Waals surface area (Å²) in [5.74, 6) is 0.0613. The van der Waals surface area contributed by atoms with E-state index in [0.717, 1.165) is 30.5 Å². The first-order valence-electron chi connectivity index (χ1n) is 5.35. The van der Waals surface area contributed by atoms with E-state index in [4.69, 9.17) is 0 Å². The summed E-state index contributed by atoms with van der Waals surface area (Å²) in [4.78, 5) is 21.2. The van der Waals surface area contributed by atoms with Crippen molar-refractivity contribution in [2.75, 3.05) is 18.4 Å². The summed E-state index contributed by atoms with van der Waals surface area (Å²) in [6.45, 7) is 1.17. The molecule has 1 aliphatic heterocycles. The zero-order chi connectivity index (χ0) is 11.4. The molecule has 0 saturated heterocycles. The number of benzene rings is 1. The molecule has 0 bridgehead atoms. The Morgan fingerprint density at radius 3 is 3.12 bits per heavy atom. The fourth-order valence-corrected chi connectivity index (χ4v) is 1.83. The number of carbonyl (C=O) groups is 2. The maximum Gasteiger partial charge on any atom is 0.228 e. The van der Waals surface area contributed by atoms with E-state index in [-0.39, 0.29) is 5.91 Å². The molecular weight excluding hydrogens is 204 g/mol. The predicted octanol–water partition coefficient (Wildman–Crippen LogP) is 0.512. The zero-order valence-corrected chi connectivity index (χ0v) is 8.95. The monoisotopic (exact) mass is 218 g/mol. The van der Waals surface area contributed by atoms with Gasteiger partial charge in [0.25, 0.3) is 0 Å². The highest BCUT2D eigenvalue weighted by Crippen LogP contribution is 2.23. The van der Waals surface area contributed by atoms with Crippen molar-refractivity contribution in [2.45, 2.75) is 12.8 Å². The van der Waals surface area contributed by atoms with Crippen LogP contribution in [0.4, 0.5) is 5.69 Å². The Balaban J connectivity index is 1.94. The van der Waals surface area contributed by atoms with Crippen molar-refractivity contribution in [3.63, 3.8) is 0 Å². The van der Waals surface area contributed by atoms with E-state index in [1.807, 2.05) is 12.1 Å². The van der Waals surface area contributed by atoms with Gasteiger partial charge in [-0.05, 0) is 30.2 Å². The van der Waals surface area contributed by atoms with Crippen LogP contribution in [0, 0.1) is 0 Å². The summed E-state index contributed by atoms with van der Waals surface area (Å²) >= 11 is 0. The standard InChI is InChI=1S/C12H14N2O2/c15-6-5-13-4-3-9-1-2-11-10(7-9)8-12(16)14-11/h1-2,6-7,13H,3-5,8H2,(H,14,16). The highest BCUT2D eigenvalue weighted by Gasteiger charge is 2.16. The molecule has 1 amide bonds. The summed E-state index contributed by atoms with van der Waals surface area (Å²) in [6, 6.07) is 6.00. The third-order valence-electron chi connectivity index (χ3n) is 2.61. The molecule has 1 aliphatic rings. The number of aldehydes is 1. The molecule has 0 atom stereocenters. The molecule has 0 radical (unpaired) electrons. The molecule has 4 heteroatoms. The second-order valence-electron chi connectivity index (χ2n) is 3.84. The molecule has 0 fully saturated rings. The third-order valence-corrected chi connectivity index (χ3v) is 2.61. The van der Waals surface area contributed by atoms with Crippen molar-refractivity contribution in [3.8, 4) is 0 Å². The van der Waals surface area contributed by atoms with Gasteiger partial charge in [0.15, 0.2) is 0 Å². The van der Waals surface area contributed by atoms with Gasteiger partial charge in [-0.1, -0.05) is 12.1 Å². The number of amides is 1. The predicted molar refractivity (Wildman–Crippen MR) is 61.4 cm³/mol. The van der Waals surface area contributed by atoms with Crippen molar-refractivity contribution in [2.24, 2.45) is 0 Å². The Morgan fingerprint density at radius 2 is 2.31 bits per heavy atom. The third kappa shape index (κ3) is 2.46. The quantitative estimate of drug-likeness (QED) is 0.559. The van der Waals surface area contributed by atoms with E-state index in [1.165, 1.54) is 5.56 Å². The average molecular weight is 218 g/mol. The summed E-state index contributed by atoms with van der Waals surface area (Å²) in [5, 5.41) is 5.81. The lowest BCUT2D eigenvalue weighted by Crippen LogP contribution is -2.19. The van der Waals surface area contributed by atoms with Gasteiger partial charge in [-0.3, -0.25) is 4.79 Å². The fourth-order valence-electron chi connectivity index (χ4n) is 1.83. The summed E-state index contributed by atoms with van der Waals surface area (Å²) in [6.07, 6.45) is 2.20. The number of rotatable bonds is 5. The molecule has 0 spiro atoms. The molecule has 16 heavy (non-hydrogen) atoms. The van der Waals surface area contributed by atoms with E-state index in [0.29, 0.717) is 13.0 Å². The topological polar surface area (TPSA) is 58.2 Å². The van der Waals surface area contributed by atoms with Crippen molar-refractivity contribution in [1.29, 1.82) is 0 Å². The van der Waals surface area contributed by atoms with Gasteiger partial charge in [-0.15, -0.1) is 0 Å². The van der Waals surface area contributed by atoms with Gasteiger partial charge >= 0.3 is 0 Å². The number of anilines is 1. The van der Waals surface area contributed by atoms with Crippen LogP contribution in [0.15, 0.2) is 18.2 Å². The molecule has 2 N–H and O–H groups in total. The average Bonchev–Trinajstić information content (AvgIpc) is 2.64. The molecule has 4 nitrogen and oxygen atoms in total. The van der Waals surface area contributed by atoms with Gasteiger partial charge in [0.2, 0.25) is 5.91 Å². The van der Waals surface area contributed by atoms with E-state index in [9.17, 15) is 9.59 Å². The summed E-state index contributed by atoms with van der Waals surface area (Å²) in [7, 11) is 0. The Hall–Kier alpha value is -1.68. The molecule has 0 saturated carbocycles. The van der Waals surface area contributed by atoms with E-state index in [1.54, 1.807) is 0 Å². The minimum atomic E-state index is 0.0613. The highest BCUT2D eigenvalue weighted by atomic mass is 16.1. The Morgan fingerprint density at radius 1 is 1.44 bits per heavy atom. The van der Waals surface area contributed by atoms with Crippen LogP contribution in [0.5, 0.6) is 0 Å². The van der Waals surface area contributed by atoms with Crippen LogP contribution in [0.25, 0.3) is 0 Å². The number of fused-ring (bicyclic) bond motifs is 1. The number of hydrogen-bond donors (Lipinski definition) is 2.